The number of halogens is 1. The Morgan fingerprint density at radius 1 is 1.15 bits per heavy atom. The van der Waals surface area contributed by atoms with Gasteiger partial charge in [0.1, 0.15) is 6.26 Å². The van der Waals surface area contributed by atoms with Gasteiger partial charge in [-0.3, -0.25) is 9.89 Å². The fourth-order valence-corrected chi connectivity index (χ4v) is 3.10. The number of aliphatic imine (C=N–C) groups is 1. The summed E-state index contributed by atoms with van der Waals surface area (Å²) in [6, 6.07) is 10.4. The van der Waals surface area contributed by atoms with E-state index in [4.69, 9.17) is 9.26 Å². The van der Waals surface area contributed by atoms with E-state index < -0.39 is 0 Å². The topological polar surface area (TPSA) is 66.1 Å². The van der Waals surface area contributed by atoms with Crippen LogP contribution in [0, 0.1) is 0 Å². The highest BCUT2D eigenvalue weighted by Crippen LogP contribution is 2.08. The molecule has 0 spiro atoms. The van der Waals surface area contributed by atoms with Gasteiger partial charge in [-0.2, -0.15) is 0 Å². The van der Waals surface area contributed by atoms with Gasteiger partial charge >= 0.3 is 0 Å². The fraction of sp³-hybridized carbons (Fsp3) is 0.474. The van der Waals surface area contributed by atoms with Crippen molar-refractivity contribution in [3.8, 4) is 0 Å². The van der Waals surface area contributed by atoms with E-state index in [1.807, 2.05) is 13.1 Å². The predicted octanol–water partition coefficient (Wildman–Crippen LogP) is 2.33. The first-order chi connectivity index (χ1) is 12.8. The summed E-state index contributed by atoms with van der Waals surface area (Å²) in [5.41, 5.74) is 3.40. The van der Waals surface area contributed by atoms with Crippen LogP contribution >= 0.6 is 24.0 Å². The Labute approximate surface area is 177 Å². The Kier molecular flexibility index (Phi) is 9.02. The zero-order valence-corrected chi connectivity index (χ0v) is 18.3. The van der Waals surface area contributed by atoms with Crippen molar-refractivity contribution in [2.75, 3.05) is 40.3 Å². The summed E-state index contributed by atoms with van der Waals surface area (Å²) in [5, 5.41) is 7.45. The molecule has 27 heavy (non-hydrogen) atoms. The lowest BCUT2D eigenvalue weighted by Crippen LogP contribution is -2.52. The minimum atomic E-state index is 0. The summed E-state index contributed by atoms with van der Waals surface area (Å²) in [6.45, 7) is 6.12. The maximum Gasteiger partial charge on any atom is 0.194 e. The van der Waals surface area contributed by atoms with Crippen LogP contribution in [0.4, 0.5) is 0 Å². The smallest absolute Gasteiger partial charge is 0.194 e. The van der Waals surface area contributed by atoms with Gasteiger partial charge in [0.2, 0.25) is 0 Å². The maximum atomic E-state index is 5.15. The van der Waals surface area contributed by atoms with Gasteiger partial charge < -0.3 is 19.5 Å². The zero-order chi connectivity index (χ0) is 18.2. The van der Waals surface area contributed by atoms with Crippen molar-refractivity contribution in [2.45, 2.75) is 19.7 Å². The second kappa shape index (κ2) is 11.3. The van der Waals surface area contributed by atoms with Gasteiger partial charge in [0.05, 0.1) is 12.3 Å². The minimum Gasteiger partial charge on any atom is -0.380 e. The lowest BCUT2D eigenvalue weighted by atomic mass is 10.1. The van der Waals surface area contributed by atoms with Crippen LogP contribution in [-0.2, 0) is 24.4 Å². The van der Waals surface area contributed by atoms with Crippen molar-refractivity contribution in [1.29, 1.82) is 0 Å². The number of rotatable bonds is 6. The van der Waals surface area contributed by atoms with Gasteiger partial charge in [0.25, 0.3) is 0 Å². The monoisotopic (exact) mass is 485 g/mol. The quantitative estimate of drug-likeness (QED) is 0.385. The highest BCUT2D eigenvalue weighted by Gasteiger charge is 2.20. The number of benzene rings is 1. The van der Waals surface area contributed by atoms with Crippen molar-refractivity contribution in [3.05, 3.63) is 53.4 Å². The molecule has 2 heterocycles. The molecule has 1 aromatic carbocycles. The molecule has 1 fully saturated rings. The van der Waals surface area contributed by atoms with E-state index in [2.05, 4.69) is 49.5 Å². The fourth-order valence-electron chi connectivity index (χ4n) is 3.10. The largest absolute Gasteiger partial charge is 0.380 e. The first-order valence-electron chi connectivity index (χ1n) is 8.92. The molecule has 0 amide bonds. The number of hydrogen-bond donors (Lipinski definition) is 1. The lowest BCUT2D eigenvalue weighted by Gasteiger charge is -2.36. The van der Waals surface area contributed by atoms with Gasteiger partial charge in [0, 0.05) is 59.5 Å². The van der Waals surface area contributed by atoms with E-state index in [1.165, 1.54) is 11.1 Å². The molecule has 7 nitrogen and oxygen atoms in total. The van der Waals surface area contributed by atoms with E-state index >= 15 is 0 Å². The Bertz CT molecular complexity index is 683. The molecular weight excluding hydrogens is 457 g/mol. The standard InChI is InChI=1S/C19H27N5O2.HI/c1-20-19(21-13-16-3-5-17(6-4-16)15-25-2)24-10-8-23(9-11-24)14-18-7-12-26-22-18;/h3-7,12H,8-11,13-15H2,1-2H3,(H,20,21);1H. The highest BCUT2D eigenvalue weighted by molar-refractivity contribution is 14.0. The summed E-state index contributed by atoms with van der Waals surface area (Å²) in [7, 11) is 3.55. The SMILES string of the molecule is CN=C(NCc1ccc(COC)cc1)N1CCN(Cc2ccon2)CC1.I. The van der Waals surface area contributed by atoms with E-state index in [9.17, 15) is 0 Å². The summed E-state index contributed by atoms with van der Waals surface area (Å²) in [6.07, 6.45) is 1.62. The molecule has 3 rings (SSSR count). The molecule has 1 aliphatic rings. The van der Waals surface area contributed by atoms with E-state index in [0.717, 1.165) is 50.9 Å². The third-order valence-corrected chi connectivity index (χ3v) is 4.55. The van der Waals surface area contributed by atoms with Crippen LogP contribution in [0.2, 0.25) is 0 Å². The van der Waals surface area contributed by atoms with Crippen LogP contribution in [0.3, 0.4) is 0 Å². The maximum absolute atomic E-state index is 5.15. The number of piperazine rings is 1. The molecule has 1 saturated heterocycles. The summed E-state index contributed by atoms with van der Waals surface area (Å²) in [5.74, 6) is 0.951. The number of nitrogens with zero attached hydrogens (tertiary/aromatic N) is 4. The highest BCUT2D eigenvalue weighted by atomic mass is 127. The second-order valence-electron chi connectivity index (χ2n) is 6.40. The van der Waals surface area contributed by atoms with E-state index in [-0.39, 0.29) is 24.0 Å². The minimum absolute atomic E-state index is 0. The lowest BCUT2D eigenvalue weighted by molar-refractivity contribution is 0.169. The Morgan fingerprint density at radius 3 is 2.44 bits per heavy atom. The number of aromatic nitrogens is 1. The molecule has 0 atom stereocenters. The normalized spacial score (nSPS) is 15.5. The van der Waals surface area contributed by atoms with E-state index in [0.29, 0.717) is 6.61 Å². The van der Waals surface area contributed by atoms with Crippen molar-refractivity contribution in [3.63, 3.8) is 0 Å². The van der Waals surface area contributed by atoms with Crippen LogP contribution in [0.1, 0.15) is 16.8 Å². The Morgan fingerprint density at radius 2 is 1.85 bits per heavy atom. The van der Waals surface area contributed by atoms with Crippen LogP contribution in [0.5, 0.6) is 0 Å². The Hall–Kier alpha value is -1.65. The average Bonchev–Trinajstić information content (AvgIpc) is 3.18. The molecule has 8 heteroatoms. The van der Waals surface area contributed by atoms with Gasteiger partial charge in [-0.05, 0) is 11.1 Å². The number of ether oxygens (including phenoxy) is 1. The molecule has 0 unspecified atom stereocenters. The molecule has 148 valence electrons. The number of methoxy groups -OCH3 is 1. The first-order valence-corrected chi connectivity index (χ1v) is 8.92. The second-order valence-corrected chi connectivity index (χ2v) is 6.40. The van der Waals surface area contributed by atoms with Crippen molar-refractivity contribution < 1.29 is 9.26 Å². The summed E-state index contributed by atoms with van der Waals surface area (Å²) >= 11 is 0. The first kappa shape index (κ1) is 21.6. The van der Waals surface area contributed by atoms with Crippen molar-refractivity contribution in [1.82, 2.24) is 20.3 Å². The molecule has 0 saturated carbocycles. The van der Waals surface area contributed by atoms with Gasteiger partial charge in [-0.15, -0.1) is 24.0 Å². The molecule has 0 aliphatic carbocycles. The average molecular weight is 485 g/mol. The molecule has 1 aliphatic heterocycles. The van der Waals surface area contributed by atoms with Gasteiger partial charge in [0.15, 0.2) is 5.96 Å². The Balaban J connectivity index is 0.00000261. The number of hydrogen-bond acceptors (Lipinski definition) is 5. The predicted molar refractivity (Wildman–Crippen MR) is 116 cm³/mol. The molecule has 2 aromatic rings. The van der Waals surface area contributed by atoms with Crippen LogP contribution in [0.25, 0.3) is 0 Å². The van der Waals surface area contributed by atoms with E-state index in [1.54, 1.807) is 13.4 Å². The molecule has 1 aromatic heterocycles. The zero-order valence-electron chi connectivity index (χ0n) is 15.9. The number of guanidine groups is 1. The van der Waals surface area contributed by atoms with Crippen molar-refractivity contribution >= 4 is 29.9 Å². The van der Waals surface area contributed by atoms with Crippen LogP contribution in [0.15, 0.2) is 46.1 Å². The molecule has 0 radical (unpaired) electrons. The van der Waals surface area contributed by atoms with Gasteiger partial charge in [-0.1, -0.05) is 29.4 Å². The summed E-state index contributed by atoms with van der Waals surface area (Å²) < 4.78 is 10.1. The third-order valence-electron chi connectivity index (χ3n) is 4.55. The number of nitrogens with one attached hydrogen (secondary N) is 1. The third kappa shape index (κ3) is 6.47. The van der Waals surface area contributed by atoms with Crippen LogP contribution < -0.4 is 5.32 Å². The molecule has 1 N–H and O–H groups in total. The van der Waals surface area contributed by atoms with Gasteiger partial charge in [-0.25, -0.2) is 0 Å². The van der Waals surface area contributed by atoms with Crippen molar-refractivity contribution in [2.24, 2.45) is 4.99 Å². The molecular formula is C19H28IN5O2. The van der Waals surface area contributed by atoms with Crippen LogP contribution in [-0.4, -0.2) is 61.3 Å². The summed E-state index contributed by atoms with van der Waals surface area (Å²) in [4.78, 5) is 9.13. The molecule has 0 bridgehead atoms.